The molecule has 150 valence electrons. The van der Waals surface area contributed by atoms with Gasteiger partial charge < -0.3 is 20.4 Å². The van der Waals surface area contributed by atoms with Gasteiger partial charge in [0, 0.05) is 38.4 Å². The molecule has 0 bridgehead atoms. The van der Waals surface area contributed by atoms with Crippen LogP contribution in [-0.4, -0.2) is 53.8 Å². The van der Waals surface area contributed by atoms with Crippen LogP contribution in [0.15, 0.2) is 30.6 Å². The molecule has 0 spiro atoms. The zero-order chi connectivity index (χ0) is 20.1. The lowest BCUT2D eigenvalue weighted by molar-refractivity contribution is -0.129. The summed E-state index contributed by atoms with van der Waals surface area (Å²) in [6.45, 7) is 2.04. The summed E-state index contributed by atoms with van der Waals surface area (Å²) in [5, 5.41) is 10.3. The van der Waals surface area contributed by atoms with Gasteiger partial charge in [0.2, 0.25) is 5.91 Å². The van der Waals surface area contributed by atoms with E-state index in [0.717, 1.165) is 31.6 Å². The average Bonchev–Trinajstić information content (AvgIpc) is 3.09. The van der Waals surface area contributed by atoms with Gasteiger partial charge in [0.25, 0.3) is 0 Å². The fraction of sp³-hybridized carbons (Fsp3) is 0.421. The summed E-state index contributed by atoms with van der Waals surface area (Å²) in [6.07, 6.45) is 6.63. The van der Waals surface area contributed by atoms with Crippen molar-refractivity contribution >= 4 is 40.6 Å². The van der Waals surface area contributed by atoms with Crippen LogP contribution < -0.4 is 15.5 Å². The van der Waals surface area contributed by atoms with E-state index in [0.29, 0.717) is 16.4 Å². The molecule has 8 nitrogen and oxygen atoms in total. The SMILES string of the molecule is CN(C)C(=O)Cn1cc(NC(=O)Nc2cc(Cl)ccc2N2CCCCC2)cn1. The highest BCUT2D eigenvalue weighted by Gasteiger charge is 2.17. The molecule has 0 saturated carbocycles. The van der Waals surface area contributed by atoms with Crippen molar-refractivity contribution in [2.45, 2.75) is 25.8 Å². The summed E-state index contributed by atoms with van der Waals surface area (Å²) in [5.41, 5.74) is 2.14. The van der Waals surface area contributed by atoms with Crippen LogP contribution in [0.2, 0.25) is 5.02 Å². The zero-order valence-corrected chi connectivity index (χ0v) is 16.9. The molecule has 2 aromatic rings. The second-order valence-corrected chi connectivity index (χ2v) is 7.44. The van der Waals surface area contributed by atoms with Gasteiger partial charge in [0.1, 0.15) is 6.54 Å². The summed E-state index contributed by atoms with van der Waals surface area (Å²) < 4.78 is 1.48. The molecule has 1 fully saturated rings. The van der Waals surface area contributed by atoms with Crippen LogP contribution >= 0.6 is 11.6 Å². The Morgan fingerprint density at radius 2 is 1.93 bits per heavy atom. The van der Waals surface area contributed by atoms with Crippen LogP contribution in [0.3, 0.4) is 0 Å². The summed E-state index contributed by atoms with van der Waals surface area (Å²) >= 11 is 6.14. The van der Waals surface area contributed by atoms with Crippen molar-refractivity contribution in [2.24, 2.45) is 0 Å². The lowest BCUT2D eigenvalue weighted by Crippen LogP contribution is -2.31. The fourth-order valence-corrected chi connectivity index (χ4v) is 3.27. The maximum Gasteiger partial charge on any atom is 0.323 e. The first kappa shape index (κ1) is 20.0. The van der Waals surface area contributed by atoms with E-state index in [1.807, 2.05) is 12.1 Å². The molecule has 1 aliphatic rings. The van der Waals surface area contributed by atoms with Crippen molar-refractivity contribution in [1.82, 2.24) is 14.7 Å². The molecular weight excluding hydrogens is 380 g/mol. The number of nitrogens with one attached hydrogen (secondary N) is 2. The molecule has 3 rings (SSSR count). The third kappa shape index (κ3) is 5.16. The smallest absolute Gasteiger partial charge is 0.323 e. The van der Waals surface area contributed by atoms with Gasteiger partial charge in [-0.15, -0.1) is 0 Å². The second-order valence-electron chi connectivity index (χ2n) is 7.00. The van der Waals surface area contributed by atoms with Crippen molar-refractivity contribution in [2.75, 3.05) is 42.7 Å². The molecule has 0 radical (unpaired) electrons. The van der Waals surface area contributed by atoms with E-state index in [-0.39, 0.29) is 18.5 Å². The average molecular weight is 405 g/mol. The van der Waals surface area contributed by atoms with Crippen LogP contribution in [0.5, 0.6) is 0 Å². The van der Waals surface area contributed by atoms with Crippen LogP contribution in [0.1, 0.15) is 19.3 Å². The quantitative estimate of drug-likeness (QED) is 0.801. The predicted octanol–water partition coefficient (Wildman–Crippen LogP) is 3.26. The molecule has 2 heterocycles. The number of likely N-dealkylation sites (N-methyl/N-ethyl adjacent to an activating group) is 1. The Balaban J connectivity index is 1.66. The molecular formula is C19H25ClN6O2. The van der Waals surface area contributed by atoms with Crippen LogP contribution in [-0.2, 0) is 11.3 Å². The Labute approximate surface area is 169 Å². The Bertz CT molecular complexity index is 845. The van der Waals surface area contributed by atoms with E-state index >= 15 is 0 Å². The number of hydrogen-bond acceptors (Lipinski definition) is 4. The highest BCUT2D eigenvalue weighted by molar-refractivity contribution is 6.31. The van der Waals surface area contributed by atoms with E-state index in [1.54, 1.807) is 26.4 Å². The standard InChI is InChI=1S/C19H25ClN6O2/c1-24(2)18(27)13-26-12-15(11-21-26)22-19(28)23-16-10-14(20)6-7-17(16)25-8-4-3-5-9-25/h6-7,10-12H,3-5,8-9,13H2,1-2H3,(H2,22,23,28). The van der Waals surface area contributed by atoms with Crippen LogP contribution in [0.25, 0.3) is 0 Å². The molecule has 2 N–H and O–H groups in total. The van der Waals surface area contributed by atoms with Gasteiger partial charge in [-0.2, -0.15) is 5.10 Å². The molecule has 0 atom stereocenters. The Morgan fingerprint density at radius 1 is 1.18 bits per heavy atom. The lowest BCUT2D eigenvalue weighted by Gasteiger charge is -2.30. The monoisotopic (exact) mass is 404 g/mol. The molecule has 1 aliphatic heterocycles. The van der Waals surface area contributed by atoms with Gasteiger partial charge in [0.05, 0.1) is 23.3 Å². The number of hydrogen-bond donors (Lipinski definition) is 2. The number of urea groups is 1. The number of piperidine rings is 1. The summed E-state index contributed by atoms with van der Waals surface area (Å²) in [4.78, 5) is 28.0. The normalized spacial score (nSPS) is 13.9. The number of halogens is 1. The maximum atomic E-state index is 12.5. The largest absolute Gasteiger partial charge is 0.370 e. The first-order valence-corrected chi connectivity index (χ1v) is 9.65. The molecule has 0 aliphatic carbocycles. The Morgan fingerprint density at radius 3 is 2.64 bits per heavy atom. The number of carbonyl (C=O) groups excluding carboxylic acids is 2. The Kier molecular flexibility index (Phi) is 6.41. The lowest BCUT2D eigenvalue weighted by atomic mass is 10.1. The van der Waals surface area contributed by atoms with E-state index < -0.39 is 0 Å². The fourth-order valence-electron chi connectivity index (χ4n) is 3.10. The number of rotatable bonds is 5. The minimum Gasteiger partial charge on any atom is -0.370 e. The van der Waals surface area contributed by atoms with E-state index in [1.165, 1.54) is 22.2 Å². The van der Waals surface area contributed by atoms with Gasteiger partial charge in [-0.1, -0.05) is 11.6 Å². The molecule has 1 aromatic carbocycles. The zero-order valence-electron chi connectivity index (χ0n) is 16.1. The van der Waals surface area contributed by atoms with Crippen molar-refractivity contribution < 1.29 is 9.59 Å². The van der Waals surface area contributed by atoms with Gasteiger partial charge >= 0.3 is 6.03 Å². The highest BCUT2D eigenvalue weighted by atomic mass is 35.5. The summed E-state index contributed by atoms with van der Waals surface area (Å²) in [5.74, 6) is -0.0794. The van der Waals surface area contributed by atoms with Crippen LogP contribution in [0.4, 0.5) is 21.9 Å². The van der Waals surface area contributed by atoms with Crippen molar-refractivity contribution in [1.29, 1.82) is 0 Å². The number of benzene rings is 1. The number of anilines is 3. The predicted molar refractivity (Wildman–Crippen MR) is 111 cm³/mol. The molecule has 3 amide bonds. The van der Waals surface area contributed by atoms with E-state index in [9.17, 15) is 9.59 Å². The van der Waals surface area contributed by atoms with E-state index in [4.69, 9.17) is 11.6 Å². The third-order valence-corrected chi connectivity index (χ3v) is 4.83. The molecule has 0 unspecified atom stereocenters. The Hall–Kier alpha value is -2.74. The van der Waals surface area contributed by atoms with E-state index in [2.05, 4.69) is 20.6 Å². The van der Waals surface area contributed by atoms with Gasteiger partial charge in [0.15, 0.2) is 0 Å². The minimum absolute atomic E-state index is 0.0794. The third-order valence-electron chi connectivity index (χ3n) is 4.59. The summed E-state index contributed by atoms with van der Waals surface area (Å²) in [6, 6.07) is 5.14. The van der Waals surface area contributed by atoms with Gasteiger partial charge in [-0.25, -0.2) is 4.79 Å². The molecule has 1 saturated heterocycles. The first-order valence-electron chi connectivity index (χ1n) is 9.27. The first-order chi connectivity index (χ1) is 13.4. The second kappa shape index (κ2) is 8.97. The van der Waals surface area contributed by atoms with Gasteiger partial charge in [-0.05, 0) is 37.5 Å². The highest BCUT2D eigenvalue weighted by Crippen LogP contribution is 2.31. The minimum atomic E-state index is -0.390. The number of nitrogens with zero attached hydrogens (tertiary/aromatic N) is 4. The summed E-state index contributed by atoms with van der Waals surface area (Å²) in [7, 11) is 3.37. The maximum absolute atomic E-state index is 12.5. The van der Waals surface area contributed by atoms with Crippen molar-refractivity contribution in [3.8, 4) is 0 Å². The number of aromatic nitrogens is 2. The van der Waals surface area contributed by atoms with Crippen LogP contribution in [0, 0.1) is 0 Å². The number of amides is 3. The molecule has 1 aromatic heterocycles. The van der Waals surface area contributed by atoms with Crippen molar-refractivity contribution in [3.63, 3.8) is 0 Å². The molecule has 28 heavy (non-hydrogen) atoms. The topological polar surface area (TPSA) is 82.5 Å². The molecule has 9 heteroatoms. The number of carbonyl (C=O) groups is 2. The van der Waals surface area contributed by atoms with Gasteiger partial charge in [-0.3, -0.25) is 9.48 Å². The van der Waals surface area contributed by atoms with Crippen molar-refractivity contribution in [3.05, 3.63) is 35.6 Å².